The molecular formula is C14H17NO4. The second-order valence-electron chi connectivity index (χ2n) is 4.85. The van der Waals surface area contributed by atoms with Crippen molar-refractivity contribution in [1.82, 2.24) is 0 Å². The Morgan fingerprint density at radius 2 is 2.16 bits per heavy atom. The summed E-state index contributed by atoms with van der Waals surface area (Å²) in [5.41, 5.74) is 1.06. The molecule has 1 aliphatic heterocycles. The van der Waals surface area contributed by atoms with Gasteiger partial charge in [0.25, 0.3) is 5.91 Å². The molecule has 2 unspecified atom stereocenters. The van der Waals surface area contributed by atoms with Crippen LogP contribution in [-0.4, -0.2) is 29.7 Å². The molecule has 1 fully saturated rings. The number of carboxylic acid groups (broad SMARTS) is 1. The first-order chi connectivity index (χ1) is 9.00. The summed E-state index contributed by atoms with van der Waals surface area (Å²) in [5, 5.41) is 11.9. The first-order valence-corrected chi connectivity index (χ1v) is 6.26. The lowest BCUT2D eigenvalue weighted by Crippen LogP contribution is -2.31. The number of aromatic carboxylic acids is 1. The van der Waals surface area contributed by atoms with Gasteiger partial charge in [0.2, 0.25) is 0 Å². The molecule has 1 aromatic carbocycles. The third-order valence-corrected chi connectivity index (χ3v) is 3.39. The van der Waals surface area contributed by atoms with Gasteiger partial charge >= 0.3 is 5.97 Å². The highest BCUT2D eigenvalue weighted by atomic mass is 16.5. The standard InChI is InChI=1S/C14H17NO4/c1-8-4-3-5-10(11(8)14(17)18)15-13(16)12-9(2)6-7-19-12/h3-5,9,12H,6-7H2,1-2H3,(H,15,16)(H,17,18). The lowest BCUT2D eigenvalue weighted by Gasteiger charge is -2.16. The minimum Gasteiger partial charge on any atom is -0.478 e. The summed E-state index contributed by atoms with van der Waals surface area (Å²) in [6.45, 7) is 4.22. The Hall–Kier alpha value is -1.88. The van der Waals surface area contributed by atoms with Gasteiger partial charge in [-0.2, -0.15) is 0 Å². The molecule has 0 aliphatic carbocycles. The Labute approximate surface area is 111 Å². The number of hydrogen-bond acceptors (Lipinski definition) is 3. The Morgan fingerprint density at radius 1 is 1.42 bits per heavy atom. The van der Waals surface area contributed by atoms with E-state index in [-0.39, 0.29) is 17.4 Å². The van der Waals surface area contributed by atoms with Gasteiger partial charge in [-0.15, -0.1) is 0 Å². The summed E-state index contributed by atoms with van der Waals surface area (Å²) in [4.78, 5) is 23.3. The average molecular weight is 263 g/mol. The quantitative estimate of drug-likeness (QED) is 0.875. The number of ether oxygens (including phenoxy) is 1. The SMILES string of the molecule is Cc1cccc(NC(=O)C2OCCC2C)c1C(=O)O. The molecule has 0 bridgehead atoms. The number of amides is 1. The maximum atomic E-state index is 12.1. The van der Waals surface area contributed by atoms with E-state index in [1.807, 2.05) is 6.92 Å². The molecule has 2 atom stereocenters. The molecule has 2 N–H and O–H groups in total. The van der Waals surface area contributed by atoms with E-state index < -0.39 is 12.1 Å². The van der Waals surface area contributed by atoms with Gasteiger partial charge in [0, 0.05) is 6.61 Å². The largest absolute Gasteiger partial charge is 0.478 e. The van der Waals surface area contributed by atoms with Gasteiger partial charge in [-0.1, -0.05) is 19.1 Å². The van der Waals surface area contributed by atoms with Crippen molar-refractivity contribution in [1.29, 1.82) is 0 Å². The number of aryl methyl sites for hydroxylation is 1. The summed E-state index contributed by atoms with van der Waals surface area (Å²) in [5.74, 6) is -1.18. The number of carbonyl (C=O) groups excluding carboxylic acids is 1. The maximum absolute atomic E-state index is 12.1. The van der Waals surface area contributed by atoms with Crippen LogP contribution in [0.2, 0.25) is 0 Å². The maximum Gasteiger partial charge on any atom is 0.338 e. The molecule has 0 aromatic heterocycles. The van der Waals surface area contributed by atoms with Gasteiger partial charge in [-0.3, -0.25) is 4.79 Å². The second kappa shape index (κ2) is 5.40. The van der Waals surface area contributed by atoms with E-state index in [2.05, 4.69) is 5.32 Å². The fourth-order valence-electron chi connectivity index (χ4n) is 2.29. The first kappa shape index (κ1) is 13.5. The number of nitrogens with one attached hydrogen (secondary N) is 1. The van der Waals surface area contributed by atoms with Crippen LogP contribution in [0.15, 0.2) is 18.2 Å². The van der Waals surface area contributed by atoms with Gasteiger partial charge in [0.15, 0.2) is 0 Å². The van der Waals surface area contributed by atoms with Crippen molar-refractivity contribution in [2.24, 2.45) is 5.92 Å². The predicted octanol–water partition coefficient (Wildman–Crippen LogP) is 2.06. The van der Waals surface area contributed by atoms with E-state index in [0.717, 1.165) is 6.42 Å². The molecule has 1 heterocycles. The van der Waals surface area contributed by atoms with Crippen LogP contribution in [0.25, 0.3) is 0 Å². The van der Waals surface area contributed by atoms with E-state index in [1.54, 1.807) is 25.1 Å². The monoisotopic (exact) mass is 263 g/mol. The van der Waals surface area contributed by atoms with Crippen LogP contribution in [-0.2, 0) is 9.53 Å². The molecule has 2 rings (SSSR count). The highest BCUT2D eigenvalue weighted by molar-refractivity contribution is 6.02. The molecule has 5 heteroatoms. The molecule has 1 saturated heterocycles. The zero-order valence-corrected chi connectivity index (χ0v) is 11.0. The molecule has 1 aromatic rings. The van der Waals surface area contributed by atoms with Crippen LogP contribution in [0.1, 0.15) is 29.3 Å². The van der Waals surface area contributed by atoms with E-state index in [4.69, 9.17) is 4.74 Å². The van der Waals surface area contributed by atoms with Crippen molar-refractivity contribution in [3.8, 4) is 0 Å². The molecule has 5 nitrogen and oxygen atoms in total. The van der Waals surface area contributed by atoms with Crippen LogP contribution in [0, 0.1) is 12.8 Å². The van der Waals surface area contributed by atoms with Crippen LogP contribution in [0.4, 0.5) is 5.69 Å². The topological polar surface area (TPSA) is 75.6 Å². The predicted molar refractivity (Wildman–Crippen MR) is 70.3 cm³/mol. The van der Waals surface area contributed by atoms with Gasteiger partial charge in [0.1, 0.15) is 6.10 Å². The normalized spacial score (nSPS) is 22.2. The summed E-state index contributed by atoms with van der Waals surface area (Å²) in [7, 11) is 0. The molecule has 0 saturated carbocycles. The fourth-order valence-corrected chi connectivity index (χ4v) is 2.29. The Kier molecular flexibility index (Phi) is 3.85. The van der Waals surface area contributed by atoms with Crippen LogP contribution >= 0.6 is 0 Å². The number of anilines is 1. The summed E-state index contributed by atoms with van der Waals surface area (Å²) < 4.78 is 5.37. The average Bonchev–Trinajstić information content (AvgIpc) is 2.75. The van der Waals surface area contributed by atoms with Crippen molar-refractivity contribution >= 4 is 17.6 Å². The van der Waals surface area contributed by atoms with Gasteiger partial charge in [0.05, 0.1) is 11.3 Å². The Balaban J connectivity index is 2.21. The van der Waals surface area contributed by atoms with Crippen LogP contribution < -0.4 is 5.32 Å². The highest BCUT2D eigenvalue weighted by Gasteiger charge is 2.31. The first-order valence-electron chi connectivity index (χ1n) is 6.26. The molecular weight excluding hydrogens is 246 g/mol. The fraction of sp³-hybridized carbons (Fsp3) is 0.429. The van der Waals surface area contributed by atoms with E-state index in [0.29, 0.717) is 17.9 Å². The molecule has 0 spiro atoms. The zero-order valence-electron chi connectivity index (χ0n) is 11.0. The Morgan fingerprint density at radius 3 is 2.74 bits per heavy atom. The summed E-state index contributed by atoms with van der Waals surface area (Å²) in [6.07, 6.45) is 0.347. The van der Waals surface area contributed by atoms with Gasteiger partial charge in [-0.25, -0.2) is 4.79 Å². The third-order valence-electron chi connectivity index (χ3n) is 3.39. The van der Waals surface area contributed by atoms with Crippen molar-refractivity contribution in [2.75, 3.05) is 11.9 Å². The number of hydrogen-bond donors (Lipinski definition) is 2. The number of carbonyl (C=O) groups is 2. The minimum atomic E-state index is -1.05. The molecule has 1 aliphatic rings. The highest BCUT2D eigenvalue weighted by Crippen LogP contribution is 2.24. The zero-order chi connectivity index (χ0) is 14.0. The number of carboxylic acids is 1. The van der Waals surface area contributed by atoms with Gasteiger partial charge in [-0.05, 0) is 30.9 Å². The lowest BCUT2D eigenvalue weighted by molar-refractivity contribution is -0.126. The second-order valence-corrected chi connectivity index (χ2v) is 4.85. The van der Waals surface area contributed by atoms with Crippen molar-refractivity contribution in [3.63, 3.8) is 0 Å². The van der Waals surface area contributed by atoms with E-state index in [1.165, 1.54) is 0 Å². The minimum absolute atomic E-state index is 0.126. The molecule has 19 heavy (non-hydrogen) atoms. The molecule has 0 radical (unpaired) electrons. The number of rotatable bonds is 3. The smallest absolute Gasteiger partial charge is 0.338 e. The van der Waals surface area contributed by atoms with Crippen molar-refractivity contribution < 1.29 is 19.4 Å². The Bertz CT molecular complexity index is 512. The molecule has 1 amide bonds. The molecule has 102 valence electrons. The number of benzene rings is 1. The van der Waals surface area contributed by atoms with Crippen LogP contribution in [0.5, 0.6) is 0 Å². The summed E-state index contributed by atoms with van der Waals surface area (Å²) in [6, 6.07) is 5.01. The van der Waals surface area contributed by atoms with E-state index in [9.17, 15) is 14.7 Å². The van der Waals surface area contributed by atoms with Gasteiger partial charge < -0.3 is 15.2 Å². The lowest BCUT2D eigenvalue weighted by atomic mass is 10.0. The van der Waals surface area contributed by atoms with Crippen molar-refractivity contribution in [2.45, 2.75) is 26.4 Å². The third kappa shape index (κ3) is 2.76. The van der Waals surface area contributed by atoms with Crippen LogP contribution in [0.3, 0.4) is 0 Å². The summed E-state index contributed by atoms with van der Waals surface area (Å²) >= 11 is 0. The van der Waals surface area contributed by atoms with E-state index >= 15 is 0 Å². The van der Waals surface area contributed by atoms with Crippen molar-refractivity contribution in [3.05, 3.63) is 29.3 Å².